The van der Waals surface area contributed by atoms with Crippen LogP contribution in [0.1, 0.15) is 16.3 Å². The largest absolute Gasteiger partial charge is 0.475 e. The standard InChI is InChI=1S/C11H5F3N4O2S/c12-11(13,14)7-4-5(6-2-1-3-21-6)15-10-16-8(9(19)20)17-18(7)10/h1-4H,(H,19,20). The molecule has 0 saturated heterocycles. The average molecular weight is 314 g/mol. The summed E-state index contributed by atoms with van der Waals surface area (Å²) in [4.78, 5) is 18.8. The number of carboxylic acid groups (broad SMARTS) is 1. The zero-order chi connectivity index (χ0) is 15.2. The molecule has 0 radical (unpaired) electrons. The molecule has 10 heteroatoms. The maximum absolute atomic E-state index is 13.1. The molecule has 3 aromatic heterocycles. The Balaban J connectivity index is 2.32. The van der Waals surface area contributed by atoms with Gasteiger partial charge in [-0.25, -0.2) is 9.78 Å². The van der Waals surface area contributed by atoms with Crippen LogP contribution in [0.5, 0.6) is 0 Å². The van der Waals surface area contributed by atoms with E-state index in [2.05, 4.69) is 15.1 Å². The lowest BCUT2D eigenvalue weighted by atomic mass is 10.3. The summed E-state index contributed by atoms with van der Waals surface area (Å²) in [6.45, 7) is 0. The highest BCUT2D eigenvalue weighted by Gasteiger charge is 2.36. The van der Waals surface area contributed by atoms with Crippen molar-refractivity contribution < 1.29 is 23.1 Å². The summed E-state index contributed by atoms with van der Waals surface area (Å²) < 4.78 is 39.7. The molecule has 0 atom stereocenters. The van der Waals surface area contributed by atoms with Gasteiger partial charge in [0.2, 0.25) is 0 Å². The molecule has 0 aliphatic rings. The fourth-order valence-electron chi connectivity index (χ4n) is 1.71. The van der Waals surface area contributed by atoms with Crippen LogP contribution in [0.4, 0.5) is 13.2 Å². The molecule has 0 fully saturated rings. The van der Waals surface area contributed by atoms with Gasteiger partial charge in [-0.3, -0.25) is 0 Å². The number of alkyl halides is 3. The molecule has 21 heavy (non-hydrogen) atoms. The fourth-order valence-corrected chi connectivity index (χ4v) is 2.40. The van der Waals surface area contributed by atoms with E-state index in [4.69, 9.17) is 5.11 Å². The van der Waals surface area contributed by atoms with Crippen molar-refractivity contribution in [3.05, 3.63) is 35.1 Å². The molecular weight excluding hydrogens is 309 g/mol. The second-order valence-electron chi connectivity index (χ2n) is 3.95. The van der Waals surface area contributed by atoms with Crippen LogP contribution in [0.25, 0.3) is 16.3 Å². The average Bonchev–Trinajstić information content (AvgIpc) is 3.05. The van der Waals surface area contributed by atoms with Crippen LogP contribution < -0.4 is 0 Å². The molecule has 108 valence electrons. The Morgan fingerprint density at radius 1 is 1.33 bits per heavy atom. The Hall–Kier alpha value is -2.49. The Kier molecular flexibility index (Phi) is 2.90. The highest BCUT2D eigenvalue weighted by Crippen LogP contribution is 2.32. The molecular formula is C11H5F3N4O2S. The van der Waals surface area contributed by atoms with Crippen LogP contribution in [0, 0.1) is 0 Å². The third-order valence-corrected chi connectivity index (χ3v) is 3.46. The van der Waals surface area contributed by atoms with E-state index in [1.807, 2.05) is 0 Å². The topological polar surface area (TPSA) is 80.4 Å². The van der Waals surface area contributed by atoms with Crippen molar-refractivity contribution in [1.29, 1.82) is 0 Å². The van der Waals surface area contributed by atoms with Crippen molar-refractivity contribution in [1.82, 2.24) is 19.6 Å². The summed E-state index contributed by atoms with van der Waals surface area (Å²) in [6, 6.07) is 4.10. The quantitative estimate of drug-likeness (QED) is 0.786. The van der Waals surface area contributed by atoms with Crippen LogP contribution in [-0.2, 0) is 6.18 Å². The minimum absolute atomic E-state index is 0.0640. The van der Waals surface area contributed by atoms with Gasteiger partial charge in [-0.15, -0.1) is 16.4 Å². The van der Waals surface area contributed by atoms with E-state index in [0.29, 0.717) is 9.39 Å². The normalized spacial score (nSPS) is 12.0. The molecule has 0 aromatic carbocycles. The van der Waals surface area contributed by atoms with Crippen molar-refractivity contribution in [2.24, 2.45) is 0 Å². The third kappa shape index (κ3) is 2.33. The SMILES string of the molecule is O=C(O)c1nc2nc(-c3cccs3)cc(C(F)(F)F)n2n1. The van der Waals surface area contributed by atoms with Gasteiger partial charge in [-0.2, -0.15) is 22.7 Å². The van der Waals surface area contributed by atoms with E-state index in [-0.39, 0.29) is 5.69 Å². The predicted molar refractivity (Wildman–Crippen MR) is 66.1 cm³/mol. The number of fused-ring (bicyclic) bond motifs is 1. The molecule has 3 aromatic rings. The smallest absolute Gasteiger partial charge is 0.433 e. The minimum Gasteiger partial charge on any atom is -0.475 e. The van der Waals surface area contributed by atoms with Crippen molar-refractivity contribution in [2.45, 2.75) is 6.18 Å². The van der Waals surface area contributed by atoms with E-state index in [1.54, 1.807) is 17.5 Å². The Morgan fingerprint density at radius 2 is 2.10 bits per heavy atom. The molecule has 0 saturated carbocycles. The van der Waals surface area contributed by atoms with Crippen LogP contribution in [0.3, 0.4) is 0 Å². The van der Waals surface area contributed by atoms with E-state index < -0.39 is 29.4 Å². The number of carbonyl (C=O) groups is 1. The lowest BCUT2D eigenvalue weighted by Crippen LogP contribution is -2.14. The van der Waals surface area contributed by atoms with Crippen LogP contribution in [0.2, 0.25) is 0 Å². The first kappa shape index (κ1) is 13.5. The Morgan fingerprint density at radius 3 is 2.67 bits per heavy atom. The van der Waals surface area contributed by atoms with Crippen molar-refractivity contribution in [2.75, 3.05) is 0 Å². The predicted octanol–water partition coefficient (Wildman–Crippen LogP) is 2.57. The van der Waals surface area contributed by atoms with E-state index in [9.17, 15) is 18.0 Å². The minimum atomic E-state index is -4.71. The number of thiophene rings is 1. The first-order valence-corrected chi connectivity index (χ1v) is 6.36. The maximum Gasteiger partial charge on any atom is 0.433 e. The first-order valence-electron chi connectivity index (χ1n) is 5.48. The van der Waals surface area contributed by atoms with Crippen LogP contribution >= 0.6 is 11.3 Å². The van der Waals surface area contributed by atoms with E-state index in [1.165, 1.54) is 11.3 Å². The number of nitrogens with zero attached hydrogens (tertiary/aromatic N) is 4. The zero-order valence-electron chi connectivity index (χ0n) is 10.00. The molecule has 6 nitrogen and oxygen atoms in total. The van der Waals surface area contributed by atoms with Crippen molar-refractivity contribution in [3.8, 4) is 10.6 Å². The van der Waals surface area contributed by atoms with Crippen LogP contribution in [0.15, 0.2) is 23.6 Å². The first-order chi connectivity index (χ1) is 9.86. The van der Waals surface area contributed by atoms with Gasteiger partial charge < -0.3 is 5.11 Å². The van der Waals surface area contributed by atoms with Crippen molar-refractivity contribution in [3.63, 3.8) is 0 Å². The molecule has 3 rings (SSSR count). The molecule has 0 aliphatic carbocycles. The number of hydrogen-bond acceptors (Lipinski definition) is 5. The van der Waals surface area contributed by atoms with Gasteiger partial charge in [0.15, 0.2) is 5.69 Å². The van der Waals surface area contributed by atoms with Gasteiger partial charge in [0, 0.05) is 0 Å². The second kappa shape index (κ2) is 4.52. The summed E-state index contributed by atoms with van der Waals surface area (Å²) >= 11 is 1.21. The number of aromatic carboxylic acids is 1. The van der Waals surface area contributed by atoms with Gasteiger partial charge in [-0.1, -0.05) is 6.07 Å². The fraction of sp³-hybridized carbons (Fsp3) is 0.0909. The summed E-state index contributed by atoms with van der Waals surface area (Å²) in [7, 11) is 0. The maximum atomic E-state index is 13.1. The molecule has 0 amide bonds. The summed E-state index contributed by atoms with van der Waals surface area (Å²) in [5.41, 5.74) is -1.06. The van der Waals surface area contributed by atoms with Crippen molar-refractivity contribution >= 4 is 23.1 Å². The molecule has 3 heterocycles. The van der Waals surface area contributed by atoms with E-state index >= 15 is 0 Å². The van der Waals surface area contributed by atoms with Gasteiger partial charge in [0.25, 0.3) is 11.6 Å². The third-order valence-electron chi connectivity index (χ3n) is 2.57. The summed E-state index contributed by atoms with van der Waals surface area (Å²) in [5.74, 6) is -2.67. The number of carboxylic acids is 1. The van der Waals surface area contributed by atoms with Gasteiger partial charge in [0.05, 0.1) is 10.6 Å². The number of halogens is 3. The molecule has 0 unspecified atom stereocenters. The Bertz CT molecular complexity index is 826. The molecule has 1 N–H and O–H groups in total. The van der Waals surface area contributed by atoms with E-state index in [0.717, 1.165) is 6.07 Å². The lowest BCUT2D eigenvalue weighted by Gasteiger charge is -2.09. The van der Waals surface area contributed by atoms with Gasteiger partial charge in [-0.05, 0) is 17.5 Å². The molecule has 0 aliphatic heterocycles. The zero-order valence-corrected chi connectivity index (χ0v) is 10.8. The van der Waals surface area contributed by atoms with Gasteiger partial charge in [0.1, 0.15) is 0 Å². The summed E-state index contributed by atoms with van der Waals surface area (Å²) in [6.07, 6.45) is -4.71. The van der Waals surface area contributed by atoms with Gasteiger partial charge >= 0.3 is 12.1 Å². The molecule has 0 bridgehead atoms. The second-order valence-corrected chi connectivity index (χ2v) is 4.90. The monoisotopic (exact) mass is 314 g/mol. The summed E-state index contributed by atoms with van der Waals surface area (Å²) in [5, 5.41) is 13.8. The number of rotatable bonds is 2. The highest BCUT2D eigenvalue weighted by molar-refractivity contribution is 7.13. The van der Waals surface area contributed by atoms with Crippen LogP contribution in [-0.4, -0.2) is 30.7 Å². The number of hydrogen-bond donors (Lipinski definition) is 1. The highest BCUT2D eigenvalue weighted by atomic mass is 32.1. The number of aromatic nitrogens is 4. The Labute approximate surface area is 118 Å². The lowest BCUT2D eigenvalue weighted by molar-refractivity contribution is -0.142. The molecule has 0 spiro atoms.